The van der Waals surface area contributed by atoms with E-state index in [4.69, 9.17) is 4.74 Å². The fourth-order valence-electron chi connectivity index (χ4n) is 4.37. The molecule has 3 atom stereocenters. The van der Waals surface area contributed by atoms with Gasteiger partial charge in [-0.05, 0) is 44.2 Å². The number of hydrogen-bond acceptors (Lipinski definition) is 3. The summed E-state index contributed by atoms with van der Waals surface area (Å²) in [5.74, 6) is 0.341. The van der Waals surface area contributed by atoms with Gasteiger partial charge in [-0.1, -0.05) is 18.6 Å². The number of methoxy groups -OCH3 is 1. The molecule has 0 bridgehead atoms. The summed E-state index contributed by atoms with van der Waals surface area (Å²) in [5.41, 5.74) is 0.934. The lowest BCUT2D eigenvalue weighted by molar-refractivity contribution is -0.928. The van der Waals surface area contributed by atoms with Crippen molar-refractivity contribution in [2.45, 2.75) is 44.6 Å². The number of hydrogen-bond donors (Lipinski definition) is 2. The van der Waals surface area contributed by atoms with Crippen LogP contribution in [0, 0.1) is 5.92 Å². The molecule has 1 heterocycles. The van der Waals surface area contributed by atoms with Crippen molar-refractivity contribution in [2.24, 2.45) is 5.92 Å². The highest BCUT2D eigenvalue weighted by atomic mass is 16.5. The van der Waals surface area contributed by atoms with Crippen molar-refractivity contribution >= 4 is 17.6 Å². The van der Waals surface area contributed by atoms with E-state index in [0.717, 1.165) is 12.5 Å². The van der Waals surface area contributed by atoms with Crippen LogP contribution >= 0.6 is 0 Å². The van der Waals surface area contributed by atoms with Gasteiger partial charge in [0, 0.05) is 5.92 Å². The average molecular weight is 331 g/mol. The highest BCUT2D eigenvalue weighted by Gasteiger charge is 2.37. The molecule has 1 aromatic carbocycles. The molecular weight excluding hydrogens is 304 g/mol. The summed E-state index contributed by atoms with van der Waals surface area (Å²) < 4.78 is 4.78. The Morgan fingerprint density at radius 1 is 1.17 bits per heavy atom. The van der Waals surface area contributed by atoms with Gasteiger partial charge >= 0.3 is 5.97 Å². The maximum absolute atomic E-state index is 12.5. The quantitative estimate of drug-likeness (QED) is 0.825. The van der Waals surface area contributed by atoms with E-state index >= 15 is 0 Å². The number of amides is 1. The minimum Gasteiger partial charge on any atom is -0.465 e. The highest BCUT2D eigenvalue weighted by Crippen LogP contribution is 2.28. The van der Waals surface area contributed by atoms with Crippen molar-refractivity contribution in [2.75, 3.05) is 25.5 Å². The van der Waals surface area contributed by atoms with Crippen LogP contribution in [-0.4, -0.2) is 38.1 Å². The maximum Gasteiger partial charge on any atom is 0.339 e. The highest BCUT2D eigenvalue weighted by molar-refractivity contribution is 6.01. The maximum atomic E-state index is 12.5. The average Bonchev–Trinajstić information content (AvgIpc) is 2.62. The number of benzene rings is 1. The van der Waals surface area contributed by atoms with Crippen LogP contribution in [0.15, 0.2) is 24.3 Å². The van der Waals surface area contributed by atoms with Crippen LogP contribution in [0.5, 0.6) is 0 Å². The Hall–Kier alpha value is -1.88. The number of quaternary nitrogens is 1. The summed E-state index contributed by atoms with van der Waals surface area (Å²) in [4.78, 5) is 25.8. The van der Waals surface area contributed by atoms with Gasteiger partial charge in [0.1, 0.15) is 0 Å². The van der Waals surface area contributed by atoms with Gasteiger partial charge in [0.2, 0.25) is 0 Å². The molecule has 1 aromatic rings. The van der Waals surface area contributed by atoms with Crippen molar-refractivity contribution in [3.63, 3.8) is 0 Å². The number of rotatable bonds is 4. The van der Waals surface area contributed by atoms with Gasteiger partial charge in [-0.2, -0.15) is 0 Å². The fraction of sp³-hybridized carbons (Fsp3) is 0.579. The molecule has 130 valence electrons. The zero-order chi connectivity index (χ0) is 16.9. The Morgan fingerprint density at radius 3 is 2.75 bits per heavy atom. The van der Waals surface area contributed by atoms with E-state index < -0.39 is 5.97 Å². The molecule has 1 aliphatic heterocycles. The van der Waals surface area contributed by atoms with Gasteiger partial charge in [-0.3, -0.25) is 4.79 Å². The Bertz CT molecular complexity index is 600. The largest absolute Gasteiger partial charge is 0.465 e. The molecule has 3 rings (SSSR count). The SMILES string of the molecule is COC(=O)c1ccccc1NC(=O)C[NH+]1CCC[C@H]2CCCC[C@@H]21. The first-order valence-electron chi connectivity index (χ1n) is 9.01. The van der Waals surface area contributed by atoms with Crippen LogP contribution in [0.1, 0.15) is 48.9 Å². The molecule has 1 amide bonds. The number of para-hydroxylation sites is 1. The molecule has 1 saturated heterocycles. The number of ether oxygens (including phenoxy) is 1. The van der Waals surface area contributed by atoms with Gasteiger partial charge in [-0.25, -0.2) is 4.79 Å². The Balaban J connectivity index is 1.64. The van der Waals surface area contributed by atoms with Crippen molar-refractivity contribution in [3.05, 3.63) is 29.8 Å². The van der Waals surface area contributed by atoms with Crippen LogP contribution in [0.3, 0.4) is 0 Å². The van der Waals surface area contributed by atoms with Crippen LogP contribution < -0.4 is 10.2 Å². The van der Waals surface area contributed by atoms with Crippen molar-refractivity contribution in [1.82, 2.24) is 0 Å². The lowest BCUT2D eigenvalue weighted by Gasteiger charge is -2.40. The number of nitrogens with one attached hydrogen (secondary N) is 2. The second-order valence-electron chi connectivity index (χ2n) is 6.96. The van der Waals surface area contributed by atoms with Crippen molar-refractivity contribution in [3.8, 4) is 0 Å². The number of esters is 1. The minimum absolute atomic E-state index is 0.0208. The molecule has 1 saturated carbocycles. The number of likely N-dealkylation sites (tertiary alicyclic amines) is 1. The second kappa shape index (κ2) is 7.79. The van der Waals surface area contributed by atoms with Crippen LogP contribution in [0.25, 0.3) is 0 Å². The molecular formula is C19H27N2O3+. The Labute approximate surface area is 143 Å². The van der Waals surface area contributed by atoms with Gasteiger partial charge < -0.3 is 15.0 Å². The first kappa shape index (κ1) is 17.0. The van der Waals surface area contributed by atoms with E-state index in [0.29, 0.717) is 23.8 Å². The zero-order valence-corrected chi connectivity index (χ0v) is 14.3. The smallest absolute Gasteiger partial charge is 0.339 e. The van der Waals surface area contributed by atoms with E-state index in [9.17, 15) is 9.59 Å². The molecule has 0 spiro atoms. The predicted molar refractivity (Wildman–Crippen MR) is 92.1 cm³/mol. The molecule has 2 fully saturated rings. The third kappa shape index (κ3) is 3.78. The van der Waals surface area contributed by atoms with E-state index in [1.807, 2.05) is 6.07 Å². The Morgan fingerprint density at radius 2 is 1.92 bits per heavy atom. The van der Waals surface area contributed by atoms with E-state index in [1.165, 1.54) is 50.5 Å². The van der Waals surface area contributed by atoms with Crippen LogP contribution in [-0.2, 0) is 9.53 Å². The Kier molecular flexibility index (Phi) is 5.51. The molecule has 5 heteroatoms. The summed E-state index contributed by atoms with van der Waals surface area (Å²) in [6, 6.07) is 7.64. The van der Waals surface area contributed by atoms with Gasteiger partial charge in [-0.15, -0.1) is 0 Å². The lowest BCUT2D eigenvalue weighted by atomic mass is 9.78. The molecule has 2 N–H and O–H groups in total. The fourth-order valence-corrected chi connectivity index (χ4v) is 4.37. The van der Waals surface area contributed by atoms with E-state index in [1.54, 1.807) is 18.2 Å². The predicted octanol–water partition coefficient (Wildman–Crippen LogP) is 1.65. The summed E-state index contributed by atoms with van der Waals surface area (Å²) in [6.07, 6.45) is 7.72. The molecule has 1 unspecified atom stereocenters. The summed E-state index contributed by atoms with van der Waals surface area (Å²) in [6.45, 7) is 1.56. The zero-order valence-electron chi connectivity index (χ0n) is 14.3. The molecule has 24 heavy (non-hydrogen) atoms. The van der Waals surface area contributed by atoms with Crippen molar-refractivity contribution < 1.29 is 19.2 Å². The second-order valence-corrected chi connectivity index (χ2v) is 6.96. The summed E-state index contributed by atoms with van der Waals surface area (Å²) in [7, 11) is 1.35. The molecule has 1 aliphatic carbocycles. The van der Waals surface area contributed by atoms with Gasteiger partial charge in [0.05, 0.1) is 30.9 Å². The van der Waals surface area contributed by atoms with E-state index in [2.05, 4.69) is 5.32 Å². The number of carbonyl (C=O) groups excluding carboxylic acids is 2. The number of piperidine rings is 1. The van der Waals surface area contributed by atoms with Crippen molar-refractivity contribution in [1.29, 1.82) is 0 Å². The first-order chi connectivity index (χ1) is 11.7. The van der Waals surface area contributed by atoms with E-state index in [-0.39, 0.29) is 5.91 Å². The molecule has 0 aromatic heterocycles. The summed E-state index contributed by atoms with van der Waals surface area (Å²) in [5, 5.41) is 2.91. The van der Waals surface area contributed by atoms with Gasteiger partial charge in [0.25, 0.3) is 5.91 Å². The lowest BCUT2D eigenvalue weighted by Crippen LogP contribution is -3.18. The molecule has 0 radical (unpaired) electrons. The third-order valence-electron chi connectivity index (χ3n) is 5.50. The van der Waals surface area contributed by atoms with Gasteiger partial charge in [0.15, 0.2) is 6.54 Å². The topological polar surface area (TPSA) is 59.8 Å². The van der Waals surface area contributed by atoms with Crippen LogP contribution in [0.4, 0.5) is 5.69 Å². The normalized spacial score (nSPS) is 26.3. The molecule has 2 aliphatic rings. The first-order valence-corrected chi connectivity index (χ1v) is 9.01. The number of fused-ring (bicyclic) bond motifs is 1. The van der Waals surface area contributed by atoms with Crippen LogP contribution in [0.2, 0.25) is 0 Å². The minimum atomic E-state index is -0.427. The standard InChI is InChI=1S/C19H26N2O3/c1-24-19(23)15-9-3-4-10-16(15)20-18(22)13-21-12-6-8-14-7-2-5-11-17(14)21/h3-4,9-10,14,17H,2,5-8,11-13H2,1H3,(H,20,22)/p+1/t14-,17+/m1/s1. The number of anilines is 1. The number of carbonyl (C=O) groups is 2. The summed E-state index contributed by atoms with van der Waals surface area (Å²) >= 11 is 0. The monoisotopic (exact) mass is 331 g/mol. The third-order valence-corrected chi connectivity index (χ3v) is 5.50. The molecule has 5 nitrogen and oxygen atoms in total.